The van der Waals surface area contributed by atoms with Gasteiger partial charge in [0.1, 0.15) is 13.1 Å². The number of oxime groups is 1. The van der Waals surface area contributed by atoms with E-state index in [0.29, 0.717) is 17.8 Å². The van der Waals surface area contributed by atoms with E-state index >= 15 is 0 Å². The monoisotopic (exact) mass is 293 g/mol. The average molecular weight is 293 g/mol. The fraction of sp³-hybridized carbons (Fsp3) is 0.500. The highest BCUT2D eigenvalue weighted by atomic mass is 16.5. The number of hydrogen-bond donors (Lipinski definition) is 3. The van der Waals surface area contributed by atoms with Crippen molar-refractivity contribution in [1.82, 2.24) is 10.3 Å². The van der Waals surface area contributed by atoms with E-state index in [2.05, 4.69) is 15.5 Å². The van der Waals surface area contributed by atoms with E-state index in [1.54, 1.807) is 12.1 Å². The molecular formula is C14H21N4O3+. The summed E-state index contributed by atoms with van der Waals surface area (Å²) >= 11 is 0. The van der Waals surface area contributed by atoms with E-state index in [1.807, 2.05) is 0 Å². The highest BCUT2D eigenvalue weighted by molar-refractivity contribution is 5.94. The Bertz CT molecular complexity index is 470. The largest absolute Gasteiger partial charge is 0.411 e. The summed E-state index contributed by atoms with van der Waals surface area (Å²) in [5.74, 6) is -0.132. The highest BCUT2D eigenvalue weighted by Crippen LogP contribution is 1.98. The minimum atomic E-state index is -0.132. The number of aromatic nitrogens is 1. The second-order valence-corrected chi connectivity index (χ2v) is 4.94. The number of nitrogens with zero attached hydrogens (tertiary/aromatic N) is 2. The molecule has 1 aromatic rings. The zero-order valence-electron chi connectivity index (χ0n) is 11.9. The summed E-state index contributed by atoms with van der Waals surface area (Å²) in [5, 5.41) is 14.2. The Morgan fingerprint density at radius 2 is 2.29 bits per heavy atom. The molecule has 1 saturated heterocycles. The third-order valence-electron chi connectivity index (χ3n) is 3.43. The van der Waals surface area contributed by atoms with Crippen LogP contribution < -0.4 is 10.2 Å². The fourth-order valence-electron chi connectivity index (χ4n) is 2.23. The van der Waals surface area contributed by atoms with Crippen molar-refractivity contribution in [2.75, 3.05) is 39.4 Å². The first kappa shape index (κ1) is 15.4. The first-order valence-electron chi connectivity index (χ1n) is 7.12. The first-order valence-corrected chi connectivity index (χ1v) is 7.12. The van der Waals surface area contributed by atoms with Gasteiger partial charge in [-0.05, 0) is 12.1 Å². The smallest absolute Gasteiger partial charge is 0.252 e. The summed E-state index contributed by atoms with van der Waals surface area (Å²) in [5.41, 5.74) is 1.01. The standard InChI is InChI=1S/C14H20N4O3/c19-14(12-2-3-13(11-17-20)16-10-12)15-4-1-5-18-6-8-21-9-7-18/h2-3,10-11,20H,1,4-9H2,(H,15,19)/p+1/b17-11+. The Hall–Kier alpha value is -1.99. The van der Waals surface area contributed by atoms with Crippen LogP contribution in [0.1, 0.15) is 22.5 Å². The molecule has 0 spiro atoms. The normalized spacial score (nSPS) is 16.2. The summed E-state index contributed by atoms with van der Waals surface area (Å²) in [7, 11) is 0. The quantitative estimate of drug-likeness (QED) is 0.270. The van der Waals surface area contributed by atoms with Gasteiger partial charge >= 0.3 is 0 Å². The van der Waals surface area contributed by atoms with Crippen molar-refractivity contribution in [1.29, 1.82) is 0 Å². The summed E-state index contributed by atoms with van der Waals surface area (Å²) in [6.45, 7) is 5.46. The lowest BCUT2D eigenvalue weighted by Gasteiger charge is -2.23. The zero-order valence-corrected chi connectivity index (χ0v) is 11.9. The maximum atomic E-state index is 11.9. The second-order valence-electron chi connectivity index (χ2n) is 4.94. The molecule has 0 aliphatic carbocycles. The minimum Gasteiger partial charge on any atom is -0.411 e. The molecule has 114 valence electrons. The Balaban J connectivity index is 1.68. The van der Waals surface area contributed by atoms with Crippen molar-refractivity contribution in [3.05, 3.63) is 29.6 Å². The molecule has 1 amide bonds. The van der Waals surface area contributed by atoms with Crippen LogP contribution in [-0.2, 0) is 4.74 Å². The van der Waals surface area contributed by atoms with Crippen LogP contribution in [0.15, 0.2) is 23.5 Å². The van der Waals surface area contributed by atoms with Gasteiger partial charge in [0, 0.05) is 19.2 Å². The van der Waals surface area contributed by atoms with Gasteiger partial charge in [-0.15, -0.1) is 0 Å². The van der Waals surface area contributed by atoms with Gasteiger partial charge < -0.3 is 20.2 Å². The lowest BCUT2D eigenvalue weighted by molar-refractivity contribution is -0.908. The average Bonchev–Trinajstić information content (AvgIpc) is 2.53. The second kappa shape index (κ2) is 8.33. The Labute approximate surface area is 123 Å². The number of nitrogens with one attached hydrogen (secondary N) is 2. The molecule has 0 aromatic carbocycles. The van der Waals surface area contributed by atoms with Crippen LogP contribution in [0.3, 0.4) is 0 Å². The summed E-state index contributed by atoms with van der Waals surface area (Å²) in [6, 6.07) is 3.29. The molecule has 7 nitrogen and oxygen atoms in total. The van der Waals surface area contributed by atoms with Crippen LogP contribution in [0.4, 0.5) is 0 Å². The molecule has 1 aliphatic heterocycles. The topological polar surface area (TPSA) is 88.2 Å². The van der Waals surface area contributed by atoms with Gasteiger partial charge in [-0.25, -0.2) is 0 Å². The summed E-state index contributed by atoms with van der Waals surface area (Å²) in [6.07, 6.45) is 3.64. The molecule has 1 fully saturated rings. The van der Waals surface area contributed by atoms with Crippen LogP contribution >= 0.6 is 0 Å². The number of quaternary nitrogens is 1. The fourth-order valence-corrected chi connectivity index (χ4v) is 2.23. The number of hydrogen-bond acceptors (Lipinski definition) is 5. The molecule has 2 heterocycles. The molecule has 21 heavy (non-hydrogen) atoms. The summed E-state index contributed by atoms with van der Waals surface area (Å²) < 4.78 is 5.31. The maximum absolute atomic E-state index is 11.9. The van der Waals surface area contributed by atoms with E-state index in [1.165, 1.54) is 17.3 Å². The van der Waals surface area contributed by atoms with Crippen molar-refractivity contribution >= 4 is 12.1 Å². The zero-order chi connectivity index (χ0) is 14.9. The molecule has 7 heteroatoms. The van der Waals surface area contributed by atoms with Crippen molar-refractivity contribution < 1.29 is 19.6 Å². The molecule has 2 rings (SSSR count). The molecular weight excluding hydrogens is 272 g/mol. The molecule has 0 unspecified atom stereocenters. The molecule has 0 bridgehead atoms. The number of ether oxygens (including phenoxy) is 1. The Morgan fingerprint density at radius 3 is 2.95 bits per heavy atom. The van der Waals surface area contributed by atoms with Crippen LogP contribution in [-0.4, -0.2) is 61.7 Å². The van der Waals surface area contributed by atoms with Gasteiger partial charge in [0.05, 0.1) is 37.2 Å². The van der Waals surface area contributed by atoms with Gasteiger partial charge in [0.25, 0.3) is 5.91 Å². The molecule has 0 radical (unpaired) electrons. The van der Waals surface area contributed by atoms with Gasteiger partial charge in [-0.1, -0.05) is 5.16 Å². The predicted octanol–water partition coefficient (Wildman–Crippen LogP) is -1.08. The molecule has 0 saturated carbocycles. The van der Waals surface area contributed by atoms with E-state index in [0.717, 1.165) is 39.3 Å². The molecule has 1 aliphatic rings. The van der Waals surface area contributed by atoms with Crippen LogP contribution in [0, 0.1) is 0 Å². The number of pyridine rings is 1. The number of morpholine rings is 1. The first-order chi connectivity index (χ1) is 10.3. The minimum absolute atomic E-state index is 0.132. The van der Waals surface area contributed by atoms with E-state index < -0.39 is 0 Å². The van der Waals surface area contributed by atoms with Crippen molar-refractivity contribution in [2.24, 2.45) is 5.16 Å². The van der Waals surface area contributed by atoms with Gasteiger partial charge in [0.15, 0.2) is 0 Å². The van der Waals surface area contributed by atoms with Crippen LogP contribution in [0.2, 0.25) is 0 Å². The summed E-state index contributed by atoms with van der Waals surface area (Å²) in [4.78, 5) is 17.4. The third kappa shape index (κ3) is 5.13. The van der Waals surface area contributed by atoms with Crippen LogP contribution in [0.5, 0.6) is 0 Å². The van der Waals surface area contributed by atoms with Crippen molar-refractivity contribution in [3.63, 3.8) is 0 Å². The molecule has 1 aromatic heterocycles. The number of amides is 1. The van der Waals surface area contributed by atoms with Crippen LogP contribution in [0.25, 0.3) is 0 Å². The number of carbonyl (C=O) groups is 1. The Morgan fingerprint density at radius 1 is 1.48 bits per heavy atom. The third-order valence-corrected chi connectivity index (χ3v) is 3.43. The SMILES string of the molecule is O=C(NCCC[NH+]1CCOCC1)c1ccc(/C=N/O)nc1. The lowest BCUT2D eigenvalue weighted by Crippen LogP contribution is -3.14. The number of carbonyl (C=O) groups excluding carboxylic acids is 1. The molecule has 3 N–H and O–H groups in total. The van der Waals surface area contributed by atoms with E-state index in [-0.39, 0.29) is 5.91 Å². The van der Waals surface area contributed by atoms with E-state index in [9.17, 15) is 4.79 Å². The predicted molar refractivity (Wildman–Crippen MR) is 77.0 cm³/mol. The maximum Gasteiger partial charge on any atom is 0.252 e. The number of rotatable bonds is 6. The highest BCUT2D eigenvalue weighted by Gasteiger charge is 2.13. The van der Waals surface area contributed by atoms with Gasteiger partial charge in [-0.2, -0.15) is 0 Å². The lowest BCUT2D eigenvalue weighted by atomic mass is 10.2. The Kier molecular flexibility index (Phi) is 6.11. The van der Waals surface area contributed by atoms with Gasteiger partial charge in [0.2, 0.25) is 0 Å². The van der Waals surface area contributed by atoms with Gasteiger partial charge in [-0.3, -0.25) is 9.78 Å². The van der Waals surface area contributed by atoms with Crippen molar-refractivity contribution in [2.45, 2.75) is 6.42 Å². The van der Waals surface area contributed by atoms with E-state index in [4.69, 9.17) is 9.94 Å². The molecule has 0 atom stereocenters. The van der Waals surface area contributed by atoms with Crippen molar-refractivity contribution in [3.8, 4) is 0 Å².